The van der Waals surface area contributed by atoms with Crippen LogP contribution in [-0.2, 0) is 0 Å². The number of carbonyl (C=O) groups is 1. The number of benzene rings is 3. The van der Waals surface area contributed by atoms with E-state index in [1.165, 1.54) is 6.07 Å². The Morgan fingerprint density at radius 2 is 1.90 bits per heavy atom. The van der Waals surface area contributed by atoms with Crippen LogP contribution >= 0.6 is 0 Å². The largest absolute Gasteiger partial charge is 0.507 e. The molecule has 0 spiro atoms. The molecule has 152 valence electrons. The molecule has 30 heavy (non-hydrogen) atoms. The van der Waals surface area contributed by atoms with Crippen molar-refractivity contribution in [1.29, 1.82) is 0 Å². The minimum absolute atomic E-state index is 0.0287. The number of fused-ring (bicyclic) bond motifs is 1. The van der Waals surface area contributed by atoms with E-state index in [2.05, 4.69) is 17.2 Å². The Labute approximate surface area is 174 Å². The van der Waals surface area contributed by atoms with Gasteiger partial charge in [0, 0.05) is 17.3 Å². The number of carbonyl (C=O) groups excluding carboxylic acids is 1. The van der Waals surface area contributed by atoms with E-state index in [1.807, 2.05) is 24.3 Å². The van der Waals surface area contributed by atoms with Crippen molar-refractivity contribution >= 4 is 22.7 Å². The fourth-order valence-corrected chi connectivity index (χ4v) is 3.02. The second kappa shape index (κ2) is 8.69. The van der Waals surface area contributed by atoms with E-state index in [0.717, 1.165) is 18.6 Å². The molecule has 6 heteroatoms. The first-order chi connectivity index (χ1) is 14.6. The number of unbranched alkanes of at least 4 members (excludes halogenated alkanes) is 1. The Bertz CT molecular complexity index is 1130. The molecule has 1 aromatic heterocycles. The third-order valence-electron chi connectivity index (χ3n) is 4.66. The number of rotatable bonds is 7. The van der Waals surface area contributed by atoms with Gasteiger partial charge in [0.05, 0.1) is 12.2 Å². The van der Waals surface area contributed by atoms with Crippen LogP contribution in [0.1, 0.15) is 30.1 Å². The van der Waals surface area contributed by atoms with Crippen molar-refractivity contribution in [1.82, 2.24) is 4.98 Å². The van der Waals surface area contributed by atoms with Gasteiger partial charge in [0.15, 0.2) is 5.58 Å². The number of hydrogen-bond donors (Lipinski definition) is 2. The molecule has 0 radical (unpaired) electrons. The zero-order valence-electron chi connectivity index (χ0n) is 16.6. The highest BCUT2D eigenvalue weighted by Crippen LogP contribution is 2.33. The van der Waals surface area contributed by atoms with Crippen LogP contribution in [0.25, 0.3) is 22.6 Å². The summed E-state index contributed by atoms with van der Waals surface area (Å²) in [4.78, 5) is 16.9. The van der Waals surface area contributed by atoms with Crippen LogP contribution in [0.15, 0.2) is 71.1 Å². The third kappa shape index (κ3) is 4.27. The maximum Gasteiger partial charge on any atom is 0.255 e. The average molecular weight is 402 g/mol. The molecule has 4 rings (SSSR count). The minimum Gasteiger partial charge on any atom is -0.507 e. The van der Waals surface area contributed by atoms with Crippen molar-refractivity contribution in [2.45, 2.75) is 19.8 Å². The summed E-state index contributed by atoms with van der Waals surface area (Å²) in [5, 5.41) is 13.2. The summed E-state index contributed by atoms with van der Waals surface area (Å²) in [5.41, 5.74) is 2.79. The molecule has 1 amide bonds. The van der Waals surface area contributed by atoms with Gasteiger partial charge in [0.25, 0.3) is 5.91 Å². The Hall–Kier alpha value is -3.80. The summed E-state index contributed by atoms with van der Waals surface area (Å²) in [7, 11) is 0. The van der Waals surface area contributed by atoms with Crippen LogP contribution in [0.3, 0.4) is 0 Å². The fraction of sp³-hybridized carbons (Fsp3) is 0.167. The van der Waals surface area contributed by atoms with Gasteiger partial charge < -0.3 is 19.6 Å². The number of aromatic hydroxyl groups is 1. The fourth-order valence-electron chi connectivity index (χ4n) is 3.02. The van der Waals surface area contributed by atoms with Crippen LogP contribution in [0.4, 0.5) is 5.69 Å². The minimum atomic E-state index is -0.274. The Morgan fingerprint density at radius 1 is 1.10 bits per heavy atom. The molecule has 3 aromatic carbocycles. The Kier molecular flexibility index (Phi) is 5.66. The van der Waals surface area contributed by atoms with E-state index in [9.17, 15) is 9.90 Å². The summed E-state index contributed by atoms with van der Waals surface area (Å²) >= 11 is 0. The van der Waals surface area contributed by atoms with Crippen molar-refractivity contribution in [3.8, 4) is 23.0 Å². The number of phenolic OH excluding ortho intramolecular Hbond substituents is 1. The van der Waals surface area contributed by atoms with Gasteiger partial charge in [-0.3, -0.25) is 4.79 Å². The Balaban J connectivity index is 1.46. The van der Waals surface area contributed by atoms with E-state index in [1.54, 1.807) is 36.4 Å². The monoisotopic (exact) mass is 402 g/mol. The summed E-state index contributed by atoms with van der Waals surface area (Å²) < 4.78 is 11.3. The zero-order valence-corrected chi connectivity index (χ0v) is 16.6. The highest BCUT2D eigenvalue weighted by molar-refractivity contribution is 6.04. The molecule has 0 aliphatic rings. The highest BCUT2D eigenvalue weighted by atomic mass is 16.5. The second-order valence-electron chi connectivity index (χ2n) is 6.90. The van der Waals surface area contributed by atoms with Crippen LogP contribution in [-0.4, -0.2) is 22.6 Å². The smallest absolute Gasteiger partial charge is 0.255 e. The summed E-state index contributed by atoms with van der Waals surface area (Å²) in [6.07, 6.45) is 2.06. The van der Waals surface area contributed by atoms with Gasteiger partial charge in [-0.15, -0.1) is 0 Å². The van der Waals surface area contributed by atoms with Crippen molar-refractivity contribution in [2.75, 3.05) is 11.9 Å². The van der Waals surface area contributed by atoms with Gasteiger partial charge in [0.2, 0.25) is 5.89 Å². The SMILES string of the molecule is CCCCOc1ccc(C(=O)Nc2ccc(-c3nc4ccccc4o3)c(O)c2)cc1. The van der Waals surface area contributed by atoms with E-state index in [-0.39, 0.29) is 11.7 Å². The molecule has 0 atom stereocenters. The standard InChI is InChI=1S/C24H22N2O4/c1-2-3-14-29-18-11-8-16(9-12-18)23(28)25-17-10-13-19(21(27)15-17)24-26-20-6-4-5-7-22(20)30-24/h4-13,15,27H,2-3,14H2,1H3,(H,25,28). The van der Waals surface area contributed by atoms with E-state index in [4.69, 9.17) is 9.15 Å². The summed E-state index contributed by atoms with van der Waals surface area (Å²) in [6, 6.07) is 19.2. The number of phenols is 1. The number of nitrogens with one attached hydrogen (secondary N) is 1. The van der Waals surface area contributed by atoms with Crippen molar-refractivity contribution in [3.05, 3.63) is 72.3 Å². The number of amides is 1. The van der Waals surface area contributed by atoms with E-state index >= 15 is 0 Å². The average Bonchev–Trinajstić information content (AvgIpc) is 3.18. The molecule has 1 heterocycles. The number of nitrogens with zero attached hydrogens (tertiary/aromatic N) is 1. The first-order valence-corrected chi connectivity index (χ1v) is 9.87. The maximum atomic E-state index is 12.5. The van der Waals surface area contributed by atoms with Gasteiger partial charge in [-0.05, 0) is 55.0 Å². The molecule has 0 aliphatic heterocycles. The molecule has 6 nitrogen and oxygen atoms in total. The van der Waals surface area contributed by atoms with E-state index < -0.39 is 0 Å². The van der Waals surface area contributed by atoms with Crippen LogP contribution in [0.5, 0.6) is 11.5 Å². The van der Waals surface area contributed by atoms with Gasteiger partial charge in [0.1, 0.15) is 17.0 Å². The normalized spacial score (nSPS) is 10.8. The Morgan fingerprint density at radius 3 is 2.63 bits per heavy atom. The number of ether oxygens (including phenoxy) is 1. The molecule has 4 aromatic rings. The highest BCUT2D eigenvalue weighted by Gasteiger charge is 2.14. The molecule has 0 aliphatic carbocycles. The van der Waals surface area contributed by atoms with Gasteiger partial charge >= 0.3 is 0 Å². The lowest BCUT2D eigenvalue weighted by molar-refractivity contribution is 0.102. The third-order valence-corrected chi connectivity index (χ3v) is 4.66. The molecule has 2 N–H and O–H groups in total. The van der Waals surface area contributed by atoms with Crippen molar-refractivity contribution in [2.24, 2.45) is 0 Å². The van der Waals surface area contributed by atoms with Crippen LogP contribution in [0.2, 0.25) is 0 Å². The van der Waals surface area contributed by atoms with Gasteiger partial charge in [-0.25, -0.2) is 4.98 Å². The molecule has 0 saturated carbocycles. The molecular weight excluding hydrogens is 380 g/mol. The lowest BCUT2D eigenvalue weighted by Crippen LogP contribution is -2.11. The molecule has 0 fully saturated rings. The first-order valence-electron chi connectivity index (χ1n) is 9.87. The molecular formula is C24H22N2O4. The van der Waals surface area contributed by atoms with Gasteiger partial charge in [-0.2, -0.15) is 0 Å². The molecule has 0 unspecified atom stereocenters. The predicted molar refractivity (Wildman–Crippen MR) is 116 cm³/mol. The van der Waals surface area contributed by atoms with Crippen LogP contribution < -0.4 is 10.1 Å². The van der Waals surface area contributed by atoms with Crippen molar-refractivity contribution < 1.29 is 19.1 Å². The number of oxazole rings is 1. The summed E-state index contributed by atoms with van der Waals surface area (Å²) in [5.74, 6) is 0.758. The first kappa shape index (κ1) is 19.5. The zero-order chi connectivity index (χ0) is 20.9. The predicted octanol–water partition coefficient (Wildman–Crippen LogP) is 5.63. The molecule has 0 bridgehead atoms. The molecule has 0 saturated heterocycles. The van der Waals surface area contributed by atoms with Gasteiger partial charge in [-0.1, -0.05) is 25.5 Å². The lowest BCUT2D eigenvalue weighted by atomic mass is 10.1. The maximum absolute atomic E-state index is 12.5. The lowest BCUT2D eigenvalue weighted by Gasteiger charge is -2.09. The quantitative estimate of drug-likeness (QED) is 0.391. The summed E-state index contributed by atoms with van der Waals surface area (Å²) in [6.45, 7) is 2.77. The van der Waals surface area contributed by atoms with Crippen LogP contribution in [0, 0.1) is 0 Å². The number of anilines is 1. The second-order valence-corrected chi connectivity index (χ2v) is 6.90. The number of para-hydroxylation sites is 2. The van der Waals surface area contributed by atoms with E-state index in [0.29, 0.717) is 40.4 Å². The topological polar surface area (TPSA) is 84.6 Å². The number of aromatic nitrogens is 1. The van der Waals surface area contributed by atoms with Crippen molar-refractivity contribution in [3.63, 3.8) is 0 Å². The number of hydrogen-bond acceptors (Lipinski definition) is 5.